The van der Waals surface area contributed by atoms with Gasteiger partial charge in [-0.3, -0.25) is 0 Å². The van der Waals surface area contributed by atoms with Crippen LogP contribution in [0.5, 0.6) is 5.75 Å². The van der Waals surface area contributed by atoms with Crippen LogP contribution in [0, 0.1) is 0 Å². The number of benzene rings is 2. The molecule has 1 aliphatic carbocycles. The molecule has 0 aliphatic heterocycles. The van der Waals surface area contributed by atoms with E-state index in [2.05, 4.69) is 46.8 Å². The zero-order valence-electron chi connectivity index (χ0n) is 11.4. The molecule has 0 heterocycles. The molecule has 102 valence electrons. The summed E-state index contributed by atoms with van der Waals surface area (Å²) in [5, 5.41) is 0. The zero-order valence-corrected chi connectivity index (χ0v) is 12.9. The van der Waals surface area contributed by atoms with Crippen LogP contribution in [0.15, 0.2) is 53.5 Å². The highest BCUT2D eigenvalue weighted by Crippen LogP contribution is 2.28. The van der Waals surface area contributed by atoms with E-state index in [1.165, 1.54) is 35.1 Å². The number of hydrogen-bond acceptors (Lipinski definition) is 1. The maximum absolute atomic E-state index is 5.74. The van der Waals surface area contributed by atoms with Crippen molar-refractivity contribution in [1.29, 1.82) is 0 Å². The van der Waals surface area contributed by atoms with E-state index >= 15 is 0 Å². The van der Waals surface area contributed by atoms with E-state index in [1.807, 2.05) is 12.1 Å². The van der Waals surface area contributed by atoms with Crippen molar-refractivity contribution in [2.45, 2.75) is 19.3 Å². The van der Waals surface area contributed by atoms with E-state index in [1.54, 1.807) is 6.08 Å². The second-order valence-corrected chi connectivity index (χ2v) is 6.05. The number of hydrogen-bond donors (Lipinski definition) is 0. The summed E-state index contributed by atoms with van der Waals surface area (Å²) in [7, 11) is 0. The van der Waals surface area contributed by atoms with Gasteiger partial charge in [0, 0.05) is 10.9 Å². The Morgan fingerprint density at radius 3 is 2.65 bits per heavy atom. The maximum Gasteiger partial charge on any atom is 0.123 e. The average molecular weight is 329 g/mol. The minimum atomic E-state index is 0.540. The van der Waals surface area contributed by atoms with Crippen molar-refractivity contribution in [2.75, 3.05) is 6.61 Å². The van der Waals surface area contributed by atoms with Gasteiger partial charge in [0.05, 0.1) is 0 Å². The molecule has 0 N–H and O–H groups in total. The van der Waals surface area contributed by atoms with Crippen LogP contribution in [0.3, 0.4) is 0 Å². The van der Waals surface area contributed by atoms with E-state index in [9.17, 15) is 0 Å². The zero-order chi connectivity index (χ0) is 13.9. The number of aryl methyl sites for hydroxylation is 2. The Labute approximate surface area is 128 Å². The molecule has 2 heteroatoms. The van der Waals surface area contributed by atoms with Gasteiger partial charge in [0.2, 0.25) is 0 Å². The van der Waals surface area contributed by atoms with Gasteiger partial charge in [0.1, 0.15) is 12.4 Å². The van der Waals surface area contributed by atoms with Gasteiger partial charge < -0.3 is 4.74 Å². The van der Waals surface area contributed by atoms with Crippen LogP contribution >= 0.6 is 15.9 Å². The summed E-state index contributed by atoms with van der Waals surface area (Å²) in [6.45, 7) is 4.24. The van der Waals surface area contributed by atoms with Crippen molar-refractivity contribution >= 4 is 15.9 Å². The number of fused-ring (bicyclic) bond motifs is 1. The minimum Gasteiger partial charge on any atom is -0.489 e. The molecule has 2 aromatic carbocycles. The largest absolute Gasteiger partial charge is 0.489 e. The summed E-state index contributed by atoms with van der Waals surface area (Å²) < 4.78 is 6.83. The summed E-state index contributed by atoms with van der Waals surface area (Å²) >= 11 is 3.54. The summed E-state index contributed by atoms with van der Waals surface area (Å²) in [6, 6.07) is 13.0. The first-order valence-corrected chi connectivity index (χ1v) is 7.68. The monoisotopic (exact) mass is 328 g/mol. The molecule has 0 saturated carbocycles. The number of ether oxygens (including phenoxy) is 1. The van der Waals surface area contributed by atoms with Gasteiger partial charge in [-0.1, -0.05) is 46.8 Å². The molecule has 0 bridgehead atoms. The van der Waals surface area contributed by atoms with Crippen LogP contribution in [-0.2, 0) is 19.3 Å². The molecule has 0 spiro atoms. The molecule has 0 atom stereocenters. The Bertz CT molecular complexity index is 646. The topological polar surface area (TPSA) is 9.23 Å². The molecule has 1 aliphatic rings. The first kappa shape index (κ1) is 13.4. The summed E-state index contributed by atoms with van der Waals surface area (Å²) in [4.78, 5) is 0. The third-order valence-electron chi connectivity index (χ3n) is 3.71. The summed E-state index contributed by atoms with van der Waals surface area (Å²) in [6.07, 6.45) is 5.14. The van der Waals surface area contributed by atoms with Crippen molar-refractivity contribution < 1.29 is 4.74 Å². The molecule has 2 aromatic rings. The second kappa shape index (κ2) is 5.84. The molecule has 0 saturated heterocycles. The van der Waals surface area contributed by atoms with Crippen LogP contribution in [0.2, 0.25) is 0 Å². The minimum absolute atomic E-state index is 0.540. The van der Waals surface area contributed by atoms with Crippen molar-refractivity contribution in [2.24, 2.45) is 0 Å². The molecule has 0 amide bonds. The highest BCUT2D eigenvalue weighted by molar-refractivity contribution is 9.10. The molecule has 20 heavy (non-hydrogen) atoms. The SMILES string of the molecule is C=CCOc1ccc(Br)cc1Cc1ccc2c(c1)CC2. The Morgan fingerprint density at radius 1 is 1.10 bits per heavy atom. The Balaban J connectivity index is 1.86. The van der Waals surface area contributed by atoms with E-state index < -0.39 is 0 Å². The maximum atomic E-state index is 5.74. The normalized spacial score (nSPS) is 12.4. The molecular formula is C18H17BrO. The lowest BCUT2D eigenvalue weighted by Gasteiger charge is -2.19. The van der Waals surface area contributed by atoms with Crippen LogP contribution in [0.4, 0.5) is 0 Å². The predicted molar refractivity (Wildman–Crippen MR) is 86.5 cm³/mol. The Hall–Kier alpha value is -1.54. The summed E-state index contributed by atoms with van der Waals surface area (Å²) in [5.74, 6) is 0.941. The molecule has 0 fully saturated rings. The molecule has 0 aromatic heterocycles. The van der Waals surface area contributed by atoms with Crippen molar-refractivity contribution in [1.82, 2.24) is 0 Å². The molecule has 0 unspecified atom stereocenters. The van der Waals surface area contributed by atoms with Gasteiger partial charge in [0.15, 0.2) is 0 Å². The quantitative estimate of drug-likeness (QED) is 0.722. The predicted octanol–water partition coefficient (Wildman–Crippen LogP) is 4.70. The lowest BCUT2D eigenvalue weighted by atomic mass is 9.86. The highest BCUT2D eigenvalue weighted by atomic mass is 79.9. The third-order valence-corrected chi connectivity index (χ3v) is 4.20. The lowest BCUT2D eigenvalue weighted by Crippen LogP contribution is -2.08. The van der Waals surface area contributed by atoms with Crippen molar-refractivity contribution in [3.8, 4) is 5.75 Å². The molecule has 3 rings (SSSR count). The molecule has 0 radical (unpaired) electrons. The van der Waals surface area contributed by atoms with Crippen LogP contribution in [0.1, 0.15) is 22.3 Å². The van der Waals surface area contributed by atoms with Crippen molar-refractivity contribution in [3.05, 3.63) is 75.8 Å². The van der Waals surface area contributed by atoms with Gasteiger partial charge in [-0.05, 0) is 53.3 Å². The van der Waals surface area contributed by atoms with E-state index in [-0.39, 0.29) is 0 Å². The van der Waals surface area contributed by atoms with E-state index in [0.717, 1.165) is 16.6 Å². The standard InChI is InChI=1S/C18H17BrO/c1-2-9-20-18-8-7-17(19)12-16(18)11-13-3-4-14-5-6-15(14)10-13/h2-4,7-8,10,12H,1,5-6,9,11H2. The third kappa shape index (κ3) is 2.80. The highest BCUT2D eigenvalue weighted by Gasteiger charge is 2.13. The van der Waals surface area contributed by atoms with Crippen molar-refractivity contribution in [3.63, 3.8) is 0 Å². The van der Waals surface area contributed by atoms with Gasteiger partial charge in [-0.25, -0.2) is 0 Å². The fraction of sp³-hybridized carbons (Fsp3) is 0.222. The number of halogens is 1. The van der Waals surface area contributed by atoms with E-state index in [4.69, 9.17) is 4.74 Å². The second-order valence-electron chi connectivity index (χ2n) is 5.13. The first-order chi connectivity index (χ1) is 9.76. The van der Waals surface area contributed by atoms with Gasteiger partial charge >= 0.3 is 0 Å². The van der Waals surface area contributed by atoms with Gasteiger partial charge in [-0.15, -0.1) is 0 Å². The lowest BCUT2D eigenvalue weighted by molar-refractivity contribution is 0.359. The smallest absolute Gasteiger partial charge is 0.123 e. The molecule has 1 nitrogen and oxygen atoms in total. The molecular weight excluding hydrogens is 312 g/mol. The Kier molecular flexibility index (Phi) is 3.93. The van der Waals surface area contributed by atoms with E-state index in [0.29, 0.717) is 6.61 Å². The van der Waals surface area contributed by atoms with Gasteiger partial charge in [0.25, 0.3) is 0 Å². The summed E-state index contributed by atoms with van der Waals surface area (Å²) in [5.41, 5.74) is 5.57. The first-order valence-electron chi connectivity index (χ1n) is 6.89. The fourth-order valence-corrected chi connectivity index (χ4v) is 2.96. The number of rotatable bonds is 5. The van der Waals surface area contributed by atoms with Crippen LogP contribution in [-0.4, -0.2) is 6.61 Å². The average Bonchev–Trinajstić information content (AvgIpc) is 2.41. The van der Waals surface area contributed by atoms with Gasteiger partial charge in [-0.2, -0.15) is 0 Å². The van der Waals surface area contributed by atoms with Crippen LogP contribution in [0.25, 0.3) is 0 Å². The fourth-order valence-electron chi connectivity index (χ4n) is 2.55. The Morgan fingerprint density at radius 2 is 1.95 bits per heavy atom. The van der Waals surface area contributed by atoms with Crippen LogP contribution < -0.4 is 4.74 Å².